The second-order valence-corrected chi connectivity index (χ2v) is 5.22. The van der Waals surface area contributed by atoms with Crippen LogP contribution in [0.3, 0.4) is 0 Å². The molecule has 0 spiro atoms. The van der Waals surface area contributed by atoms with Gasteiger partial charge in [0.05, 0.1) is 12.5 Å². The van der Waals surface area contributed by atoms with Gasteiger partial charge in [0.1, 0.15) is 6.61 Å². The number of primary amides is 1. The summed E-state index contributed by atoms with van der Waals surface area (Å²) in [5.41, 5.74) is 7.33. The number of amides is 2. The molecule has 6 nitrogen and oxygen atoms in total. The van der Waals surface area contributed by atoms with E-state index in [0.717, 1.165) is 6.42 Å². The molecule has 3 N–H and O–H groups in total. The van der Waals surface area contributed by atoms with Gasteiger partial charge >= 0.3 is 0 Å². The summed E-state index contributed by atoms with van der Waals surface area (Å²) < 4.78 is 5.01. The summed E-state index contributed by atoms with van der Waals surface area (Å²) >= 11 is 0. The number of hydrogen-bond acceptors (Lipinski definition) is 4. The number of para-hydroxylation sites is 1. The fraction of sp³-hybridized carbons (Fsp3) is 0.467. The van der Waals surface area contributed by atoms with E-state index in [4.69, 9.17) is 10.5 Å². The molecule has 1 aliphatic heterocycles. The molecule has 1 unspecified atom stereocenters. The predicted molar refractivity (Wildman–Crippen MR) is 79.9 cm³/mol. The summed E-state index contributed by atoms with van der Waals surface area (Å²) in [5.74, 6) is -0.563. The molecule has 1 aliphatic rings. The van der Waals surface area contributed by atoms with Crippen LogP contribution >= 0.6 is 0 Å². The quantitative estimate of drug-likeness (QED) is 0.718. The first-order valence-corrected chi connectivity index (χ1v) is 7.00. The lowest BCUT2D eigenvalue weighted by Gasteiger charge is -2.32. The average Bonchev–Trinajstić information content (AvgIpc) is 2.46. The summed E-state index contributed by atoms with van der Waals surface area (Å²) in [7, 11) is 1.99. The van der Waals surface area contributed by atoms with E-state index in [9.17, 15) is 9.59 Å². The Bertz CT molecular complexity index is 519. The van der Waals surface area contributed by atoms with Crippen molar-refractivity contribution in [2.45, 2.75) is 6.42 Å². The third-order valence-electron chi connectivity index (χ3n) is 3.52. The van der Waals surface area contributed by atoms with E-state index in [1.165, 1.54) is 11.3 Å². The molecular formula is C15H21N3O3. The molecule has 0 aliphatic carbocycles. The number of carbonyl (C=O) groups is 2. The normalized spacial score (nSPS) is 17.2. The van der Waals surface area contributed by atoms with Crippen molar-refractivity contribution in [1.29, 1.82) is 0 Å². The van der Waals surface area contributed by atoms with Crippen molar-refractivity contribution in [3.8, 4) is 0 Å². The largest absolute Gasteiger partial charge is 0.374 e. The fourth-order valence-corrected chi connectivity index (χ4v) is 2.55. The van der Waals surface area contributed by atoms with E-state index < -0.39 is 5.91 Å². The Balaban J connectivity index is 1.80. The molecule has 1 aromatic rings. The van der Waals surface area contributed by atoms with Crippen LogP contribution in [0.2, 0.25) is 0 Å². The smallest absolute Gasteiger partial charge is 0.243 e. The zero-order valence-corrected chi connectivity index (χ0v) is 12.2. The number of ether oxygens (including phenoxy) is 1. The van der Waals surface area contributed by atoms with Gasteiger partial charge in [-0.15, -0.1) is 0 Å². The van der Waals surface area contributed by atoms with Crippen LogP contribution in [0.4, 0.5) is 5.69 Å². The van der Waals surface area contributed by atoms with Crippen molar-refractivity contribution in [1.82, 2.24) is 5.32 Å². The van der Waals surface area contributed by atoms with E-state index in [0.29, 0.717) is 13.1 Å². The van der Waals surface area contributed by atoms with E-state index in [1.807, 2.05) is 19.2 Å². The molecule has 2 rings (SSSR count). The van der Waals surface area contributed by atoms with Crippen LogP contribution < -0.4 is 16.0 Å². The zero-order chi connectivity index (χ0) is 15.2. The minimum atomic E-state index is -0.508. The Kier molecular flexibility index (Phi) is 5.16. The second-order valence-electron chi connectivity index (χ2n) is 5.22. The number of rotatable bonds is 6. The molecule has 6 heteroatoms. The van der Waals surface area contributed by atoms with Crippen LogP contribution in [0.5, 0.6) is 0 Å². The highest BCUT2D eigenvalue weighted by molar-refractivity contribution is 5.81. The number of carbonyl (C=O) groups excluding carboxylic acids is 2. The summed E-state index contributed by atoms with van der Waals surface area (Å²) in [4.78, 5) is 24.8. The maximum atomic E-state index is 12.2. The molecular weight excluding hydrogens is 270 g/mol. The molecule has 1 heterocycles. The first-order valence-electron chi connectivity index (χ1n) is 7.00. The minimum Gasteiger partial charge on any atom is -0.374 e. The van der Waals surface area contributed by atoms with E-state index in [2.05, 4.69) is 22.3 Å². The number of fused-ring (bicyclic) bond motifs is 1. The van der Waals surface area contributed by atoms with Crippen molar-refractivity contribution >= 4 is 17.5 Å². The van der Waals surface area contributed by atoms with Gasteiger partial charge in [0.15, 0.2) is 0 Å². The average molecular weight is 291 g/mol. The summed E-state index contributed by atoms with van der Waals surface area (Å²) in [5, 5.41) is 2.83. The highest BCUT2D eigenvalue weighted by atomic mass is 16.5. The Morgan fingerprint density at radius 1 is 1.43 bits per heavy atom. The van der Waals surface area contributed by atoms with Crippen LogP contribution in [0, 0.1) is 5.92 Å². The SMILES string of the molecule is CN1CC(C(=O)NCCOCC(N)=O)Cc2ccccc21. The lowest BCUT2D eigenvalue weighted by Crippen LogP contribution is -2.42. The molecule has 0 fully saturated rings. The van der Waals surface area contributed by atoms with Gasteiger partial charge in [0.25, 0.3) is 0 Å². The Morgan fingerprint density at radius 2 is 2.19 bits per heavy atom. The highest BCUT2D eigenvalue weighted by Gasteiger charge is 2.26. The topological polar surface area (TPSA) is 84.7 Å². The number of hydrogen-bond donors (Lipinski definition) is 2. The second kappa shape index (κ2) is 7.08. The first-order chi connectivity index (χ1) is 10.1. The number of nitrogens with two attached hydrogens (primary N) is 1. The highest BCUT2D eigenvalue weighted by Crippen LogP contribution is 2.28. The van der Waals surface area contributed by atoms with Gasteiger partial charge in [-0.05, 0) is 18.1 Å². The Labute approximate surface area is 124 Å². The van der Waals surface area contributed by atoms with Gasteiger partial charge < -0.3 is 20.7 Å². The first kappa shape index (κ1) is 15.3. The summed E-state index contributed by atoms with van der Waals surface area (Å²) in [6.45, 7) is 1.25. The minimum absolute atomic E-state index is 0.0130. The van der Waals surface area contributed by atoms with Crippen LogP contribution in [-0.4, -0.2) is 45.2 Å². The zero-order valence-electron chi connectivity index (χ0n) is 12.2. The Hall–Kier alpha value is -2.08. The van der Waals surface area contributed by atoms with Crippen molar-refractivity contribution in [2.75, 3.05) is 38.3 Å². The lowest BCUT2D eigenvalue weighted by atomic mass is 9.92. The van der Waals surface area contributed by atoms with Crippen molar-refractivity contribution in [3.05, 3.63) is 29.8 Å². The number of anilines is 1. The van der Waals surface area contributed by atoms with Crippen LogP contribution in [0.15, 0.2) is 24.3 Å². The van der Waals surface area contributed by atoms with Gasteiger partial charge in [0.2, 0.25) is 11.8 Å². The molecule has 1 aromatic carbocycles. The molecule has 0 bridgehead atoms. The van der Waals surface area contributed by atoms with Crippen molar-refractivity contribution in [3.63, 3.8) is 0 Å². The number of nitrogens with zero attached hydrogens (tertiary/aromatic N) is 1. The third kappa shape index (κ3) is 4.19. The molecule has 0 aromatic heterocycles. The number of benzene rings is 1. The maximum Gasteiger partial charge on any atom is 0.243 e. The van der Waals surface area contributed by atoms with E-state index in [1.54, 1.807) is 0 Å². The third-order valence-corrected chi connectivity index (χ3v) is 3.52. The monoisotopic (exact) mass is 291 g/mol. The van der Waals surface area contributed by atoms with Gasteiger partial charge in [-0.3, -0.25) is 9.59 Å². The predicted octanol–water partition coefficient (Wildman–Crippen LogP) is -0.0868. The van der Waals surface area contributed by atoms with Crippen molar-refractivity contribution < 1.29 is 14.3 Å². The molecule has 0 saturated heterocycles. The standard InChI is InChI=1S/C15H21N3O3/c1-18-9-12(8-11-4-2-3-5-13(11)18)15(20)17-6-7-21-10-14(16)19/h2-5,12H,6-10H2,1H3,(H2,16,19)(H,17,20). The van der Waals surface area contributed by atoms with Crippen LogP contribution in [-0.2, 0) is 20.7 Å². The van der Waals surface area contributed by atoms with E-state index in [-0.39, 0.29) is 25.0 Å². The van der Waals surface area contributed by atoms with Gasteiger partial charge in [0, 0.05) is 25.8 Å². The Morgan fingerprint density at radius 3 is 2.95 bits per heavy atom. The van der Waals surface area contributed by atoms with Gasteiger partial charge in [-0.25, -0.2) is 0 Å². The maximum absolute atomic E-state index is 12.2. The molecule has 114 valence electrons. The van der Waals surface area contributed by atoms with Gasteiger partial charge in [-0.2, -0.15) is 0 Å². The summed E-state index contributed by atoms with van der Waals surface area (Å²) in [6.07, 6.45) is 0.745. The fourth-order valence-electron chi connectivity index (χ4n) is 2.55. The molecule has 0 saturated carbocycles. The number of nitrogens with one attached hydrogen (secondary N) is 1. The molecule has 21 heavy (non-hydrogen) atoms. The van der Waals surface area contributed by atoms with Gasteiger partial charge in [-0.1, -0.05) is 18.2 Å². The molecule has 2 amide bonds. The molecule has 0 radical (unpaired) electrons. The van der Waals surface area contributed by atoms with E-state index >= 15 is 0 Å². The lowest BCUT2D eigenvalue weighted by molar-refractivity contribution is -0.125. The van der Waals surface area contributed by atoms with Crippen LogP contribution in [0.1, 0.15) is 5.56 Å². The molecule has 1 atom stereocenters. The van der Waals surface area contributed by atoms with Crippen LogP contribution in [0.25, 0.3) is 0 Å². The summed E-state index contributed by atoms with van der Waals surface area (Å²) in [6, 6.07) is 8.12. The van der Waals surface area contributed by atoms with Crippen molar-refractivity contribution in [2.24, 2.45) is 11.7 Å².